The lowest BCUT2D eigenvalue weighted by Gasteiger charge is -2.14. The summed E-state index contributed by atoms with van der Waals surface area (Å²) in [4.78, 5) is 10.7. The molecule has 0 radical (unpaired) electrons. The molecular weight excluding hydrogens is 715 g/mol. The third-order valence-corrected chi connectivity index (χ3v) is 11.9. The minimum absolute atomic E-state index is 0.927. The predicted octanol–water partition coefficient (Wildman–Crippen LogP) is 14.9. The summed E-state index contributed by atoms with van der Waals surface area (Å²) >= 11 is 0. The van der Waals surface area contributed by atoms with Gasteiger partial charge in [0, 0.05) is 43.9 Å². The van der Waals surface area contributed by atoms with Crippen LogP contribution >= 0.6 is 0 Å². The van der Waals surface area contributed by atoms with Gasteiger partial charge in [0.1, 0.15) is 0 Å². The van der Waals surface area contributed by atoms with Gasteiger partial charge in [-0.1, -0.05) is 152 Å². The van der Waals surface area contributed by atoms with E-state index < -0.39 is 0 Å². The first-order valence-electron chi connectivity index (χ1n) is 20.1. The van der Waals surface area contributed by atoms with E-state index >= 15 is 0 Å². The van der Waals surface area contributed by atoms with Crippen molar-refractivity contribution in [2.24, 2.45) is 0 Å². The molecule has 0 aliphatic carbocycles. The van der Waals surface area contributed by atoms with Gasteiger partial charge >= 0.3 is 0 Å². The quantitative estimate of drug-likeness (QED) is 0.164. The Kier molecular flexibility index (Phi) is 7.54. The Bertz CT molecular complexity index is 3500. The van der Waals surface area contributed by atoms with E-state index in [1.54, 1.807) is 0 Å². The molecule has 59 heavy (non-hydrogen) atoms. The van der Waals surface area contributed by atoms with Crippen molar-refractivity contribution in [3.8, 4) is 50.6 Å². The summed E-state index contributed by atoms with van der Waals surface area (Å²) in [6, 6.07) is 76.3. The molecule has 12 rings (SSSR count). The second kappa shape index (κ2) is 13.4. The van der Waals surface area contributed by atoms with Crippen LogP contribution in [0.15, 0.2) is 212 Å². The van der Waals surface area contributed by atoms with Gasteiger partial charge in [-0.25, -0.2) is 9.97 Å². The van der Waals surface area contributed by atoms with Gasteiger partial charge in [-0.2, -0.15) is 0 Å². The van der Waals surface area contributed by atoms with Crippen LogP contribution in [0.25, 0.3) is 116 Å². The van der Waals surface area contributed by atoms with Gasteiger partial charge < -0.3 is 4.57 Å². The summed E-state index contributed by atoms with van der Waals surface area (Å²) in [7, 11) is 0. The van der Waals surface area contributed by atoms with Gasteiger partial charge in [-0.15, -0.1) is 0 Å². The molecule has 0 saturated carbocycles. The Balaban J connectivity index is 1.04. The molecule has 274 valence electrons. The molecule has 0 aliphatic heterocycles. The van der Waals surface area contributed by atoms with Crippen molar-refractivity contribution in [2.45, 2.75) is 0 Å². The SMILES string of the molecule is c1ccc(-n2c3ccccc3c3cc4c(cc32)c(-c2ccc(-c3cc(-c5ccc6ccccc6c5)cc(-c5ccc6ccccc6c5)n3)cc2)nc2ccccc24)cc1. The van der Waals surface area contributed by atoms with E-state index in [0.29, 0.717) is 0 Å². The fraction of sp³-hybridized carbons (Fsp3) is 0. The summed E-state index contributed by atoms with van der Waals surface area (Å²) in [6.45, 7) is 0. The molecular formula is C56H35N3. The molecule has 0 fully saturated rings. The molecule has 0 aliphatic rings. The van der Waals surface area contributed by atoms with E-state index in [-0.39, 0.29) is 0 Å². The molecule has 0 unspecified atom stereocenters. The molecule has 0 atom stereocenters. The van der Waals surface area contributed by atoms with Crippen LogP contribution in [0, 0.1) is 0 Å². The second-order valence-electron chi connectivity index (χ2n) is 15.4. The maximum absolute atomic E-state index is 5.37. The molecule has 0 spiro atoms. The van der Waals surface area contributed by atoms with E-state index in [0.717, 1.165) is 72.4 Å². The highest BCUT2D eigenvalue weighted by atomic mass is 15.0. The Morgan fingerprint density at radius 2 is 0.864 bits per heavy atom. The van der Waals surface area contributed by atoms with Gasteiger partial charge in [0.15, 0.2) is 0 Å². The largest absolute Gasteiger partial charge is 0.309 e. The van der Waals surface area contributed by atoms with Crippen LogP contribution in [0.2, 0.25) is 0 Å². The average molecular weight is 750 g/mol. The summed E-state index contributed by atoms with van der Waals surface area (Å²) in [5.41, 5.74) is 12.8. The predicted molar refractivity (Wildman–Crippen MR) is 248 cm³/mol. The lowest BCUT2D eigenvalue weighted by molar-refractivity contribution is 1.18. The van der Waals surface area contributed by atoms with E-state index in [2.05, 4.69) is 217 Å². The van der Waals surface area contributed by atoms with Crippen molar-refractivity contribution in [2.75, 3.05) is 0 Å². The summed E-state index contributed by atoms with van der Waals surface area (Å²) in [6.07, 6.45) is 0. The van der Waals surface area contributed by atoms with Crippen LogP contribution in [0.5, 0.6) is 0 Å². The molecule has 0 amide bonds. The number of nitrogens with zero attached hydrogens (tertiary/aromatic N) is 3. The Labute approximate surface area is 341 Å². The number of hydrogen-bond acceptors (Lipinski definition) is 2. The van der Waals surface area contributed by atoms with Crippen molar-refractivity contribution in [1.29, 1.82) is 0 Å². The van der Waals surface area contributed by atoms with Gasteiger partial charge in [0.2, 0.25) is 0 Å². The van der Waals surface area contributed by atoms with E-state index in [1.165, 1.54) is 43.2 Å². The first-order valence-corrected chi connectivity index (χ1v) is 20.1. The average Bonchev–Trinajstić information content (AvgIpc) is 3.63. The van der Waals surface area contributed by atoms with Crippen LogP contribution in [0.3, 0.4) is 0 Å². The normalized spacial score (nSPS) is 11.7. The van der Waals surface area contributed by atoms with Gasteiger partial charge in [-0.3, -0.25) is 0 Å². The van der Waals surface area contributed by atoms with Crippen LogP contribution in [-0.4, -0.2) is 14.5 Å². The minimum atomic E-state index is 0.927. The van der Waals surface area contributed by atoms with Crippen LogP contribution < -0.4 is 0 Å². The zero-order valence-electron chi connectivity index (χ0n) is 32.0. The zero-order valence-corrected chi connectivity index (χ0v) is 32.0. The van der Waals surface area contributed by atoms with Gasteiger partial charge in [-0.05, 0) is 98.7 Å². The number of rotatable bonds is 5. The highest BCUT2D eigenvalue weighted by molar-refractivity contribution is 6.20. The van der Waals surface area contributed by atoms with Gasteiger partial charge in [0.25, 0.3) is 0 Å². The molecule has 12 aromatic rings. The molecule has 3 heteroatoms. The zero-order chi connectivity index (χ0) is 38.9. The third-order valence-electron chi connectivity index (χ3n) is 11.9. The molecule has 0 saturated heterocycles. The number of benzene rings is 9. The fourth-order valence-electron chi connectivity index (χ4n) is 9.00. The molecule has 3 nitrogen and oxygen atoms in total. The fourth-order valence-corrected chi connectivity index (χ4v) is 9.00. The highest BCUT2D eigenvalue weighted by Crippen LogP contribution is 2.41. The van der Waals surface area contributed by atoms with Crippen molar-refractivity contribution < 1.29 is 0 Å². The van der Waals surface area contributed by atoms with E-state index in [4.69, 9.17) is 9.97 Å². The number of para-hydroxylation sites is 3. The van der Waals surface area contributed by atoms with Gasteiger partial charge in [0.05, 0.1) is 33.6 Å². The van der Waals surface area contributed by atoms with Crippen LogP contribution in [-0.2, 0) is 0 Å². The highest BCUT2D eigenvalue weighted by Gasteiger charge is 2.18. The number of fused-ring (bicyclic) bond motifs is 8. The number of aromatic nitrogens is 3. The molecule has 9 aromatic carbocycles. The van der Waals surface area contributed by atoms with E-state index in [1.807, 2.05) is 0 Å². The van der Waals surface area contributed by atoms with Crippen molar-refractivity contribution in [1.82, 2.24) is 14.5 Å². The number of pyridine rings is 2. The molecule has 3 heterocycles. The Hall–Kier alpha value is -7.88. The van der Waals surface area contributed by atoms with Crippen LogP contribution in [0.4, 0.5) is 0 Å². The van der Waals surface area contributed by atoms with Crippen molar-refractivity contribution >= 4 is 65.0 Å². The first-order chi connectivity index (χ1) is 29.2. The third kappa shape index (κ3) is 5.59. The molecule has 0 N–H and O–H groups in total. The summed E-state index contributed by atoms with van der Waals surface area (Å²) in [5.74, 6) is 0. The maximum Gasteiger partial charge on any atom is 0.0788 e. The lowest BCUT2D eigenvalue weighted by atomic mass is 9.95. The molecule has 3 aromatic heterocycles. The summed E-state index contributed by atoms with van der Waals surface area (Å²) in [5, 5.41) is 10.8. The monoisotopic (exact) mass is 749 g/mol. The molecule has 0 bridgehead atoms. The standard InChI is InChI=1S/C56H35N3/c1-2-16-45(17-3-1)59-54-21-11-9-19-47(54)49-34-48-46-18-8-10-20-51(46)58-56(50(48)35-55(49)59)39-26-24-38(25-27-39)52-32-44(42-28-22-36-12-4-6-14-40(36)30-42)33-53(57-52)43-29-23-37-13-5-7-15-41(37)31-43/h1-35H. The van der Waals surface area contributed by atoms with Crippen LogP contribution in [0.1, 0.15) is 0 Å². The summed E-state index contributed by atoms with van der Waals surface area (Å²) < 4.78 is 2.38. The Morgan fingerprint density at radius 3 is 1.63 bits per heavy atom. The maximum atomic E-state index is 5.37. The Morgan fingerprint density at radius 1 is 0.288 bits per heavy atom. The van der Waals surface area contributed by atoms with Crippen molar-refractivity contribution in [3.63, 3.8) is 0 Å². The van der Waals surface area contributed by atoms with E-state index in [9.17, 15) is 0 Å². The minimum Gasteiger partial charge on any atom is -0.309 e. The number of hydrogen-bond donors (Lipinski definition) is 0. The topological polar surface area (TPSA) is 30.7 Å². The first kappa shape index (κ1) is 33.3. The van der Waals surface area contributed by atoms with Crippen molar-refractivity contribution in [3.05, 3.63) is 212 Å². The second-order valence-corrected chi connectivity index (χ2v) is 15.4. The smallest absolute Gasteiger partial charge is 0.0788 e. The lowest BCUT2D eigenvalue weighted by Crippen LogP contribution is -1.95.